The summed E-state index contributed by atoms with van der Waals surface area (Å²) in [5.74, 6) is 0.414. The van der Waals surface area contributed by atoms with Crippen molar-refractivity contribution in [1.82, 2.24) is 5.32 Å². The van der Waals surface area contributed by atoms with Crippen molar-refractivity contribution in [2.75, 3.05) is 6.54 Å². The van der Waals surface area contributed by atoms with Gasteiger partial charge < -0.3 is 5.32 Å². The van der Waals surface area contributed by atoms with Crippen molar-refractivity contribution in [2.24, 2.45) is 22.4 Å². The number of nitrogens with one attached hydrogen (secondary N) is 1. The van der Waals surface area contributed by atoms with E-state index in [-0.39, 0.29) is 22.1 Å². The van der Waals surface area contributed by atoms with Crippen molar-refractivity contribution in [1.29, 1.82) is 0 Å². The predicted molar refractivity (Wildman–Crippen MR) is 94.7 cm³/mol. The lowest BCUT2D eigenvalue weighted by atomic mass is 10.1. The predicted octanol–water partition coefficient (Wildman–Crippen LogP) is 2.23. The van der Waals surface area contributed by atoms with Crippen LogP contribution in [-0.4, -0.2) is 20.9 Å². The first-order valence-corrected chi connectivity index (χ1v) is 9.62. The molecule has 6 heteroatoms. The van der Waals surface area contributed by atoms with Gasteiger partial charge in [-0.3, -0.25) is 4.79 Å². The molecule has 0 heterocycles. The van der Waals surface area contributed by atoms with E-state index in [1.165, 1.54) is 17.7 Å². The standard InChI is InChI=1S/C18H26N2O3S/c1-12(2)11-15-16(18(15,3)4)17(21)20-10-9-13-5-7-14(8-6-13)24(19,22)23/h5-8,11,15-16H,9-10H2,1-4H3,(H,20,21)(H2,19,22,23)/t15-,16+/m1/s1. The molecule has 1 aliphatic carbocycles. The molecule has 1 fully saturated rings. The molecule has 1 aliphatic rings. The first-order valence-electron chi connectivity index (χ1n) is 8.08. The maximum Gasteiger partial charge on any atom is 0.238 e. The molecule has 1 aromatic carbocycles. The van der Waals surface area contributed by atoms with Crippen molar-refractivity contribution in [3.63, 3.8) is 0 Å². The molecule has 1 amide bonds. The van der Waals surface area contributed by atoms with Crippen LogP contribution in [0.4, 0.5) is 0 Å². The zero-order valence-corrected chi connectivity index (χ0v) is 15.5. The summed E-state index contributed by atoms with van der Waals surface area (Å²) in [5.41, 5.74) is 2.20. The molecular weight excluding hydrogens is 324 g/mol. The zero-order chi connectivity index (χ0) is 18.1. The Bertz CT molecular complexity index is 745. The summed E-state index contributed by atoms with van der Waals surface area (Å²) in [6.45, 7) is 8.87. The van der Waals surface area contributed by atoms with Crippen LogP contribution < -0.4 is 10.5 Å². The van der Waals surface area contributed by atoms with Gasteiger partial charge in [0.2, 0.25) is 15.9 Å². The van der Waals surface area contributed by atoms with E-state index in [2.05, 4.69) is 39.1 Å². The van der Waals surface area contributed by atoms with Gasteiger partial charge in [-0.1, -0.05) is 37.6 Å². The van der Waals surface area contributed by atoms with E-state index in [1.807, 2.05) is 0 Å². The second-order valence-electron chi connectivity index (χ2n) is 7.30. The SMILES string of the molecule is CC(C)=C[C@@H]1[C@@H](C(=O)NCCc2ccc(S(N)(=O)=O)cc2)C1(C)C. The molecule has 2 rings (SSSR count). The molecule has 0 bridgehead atoms. The van der Waals surface area contributed by atoms with Crippen LogP contribution in [0.2, 0.25) is 0 Å². The summed E-state index contributed by atoms with van der Waals surface area (Å²) in [5, 5.41) is 8.06. The Morgan fingerprint density at radius 3 is 2.33 bits per heavy atom. The second kappa shape index (κ2) is 6.69. The summed E-state index contributed by atoms with van der Waals surface area (Å²) in [6, 6.07) is 6.42. The molecule has 0 saturated heterocycles. The third kappa shape index (κ3) is 4.24. The summed E-state index contributed by atoms with van der Waals surface area (Å²) in [6.07, 6.45) is 2.83. The van der Waals surface area contributed by atoms with Crippen LogP contribution in [0.3, 0.4) is 0 Å². The zero-order valence-electron chi connectivity index (χ0n) is 14.7. The van der Waals surface area contributed by atoms with E-state index < -0.39 is 10.0 Å². The number of primary sulfonamides is 1. The van der Waals surface area contributed by atoms with E-state index in [9.17, 15) is 13.2 Å². The van der Waals surface area contributed by atoms with Gasteiger partial charge in [-0.05, 0) is 49.3 Å². The van der Waals surface area contributed by atoms with E-state index in [1.54, 1.807) is 12.1 Å². The Morgan fingerprint density at radius 1 is 1.25 bits per heavy atom. The average molecular weight is 350 g/mol. The van der Waals surface area contributed by atoms with Gasteiger partial charge >= 0.3 is 0 Å². The fourth-order valence-corrected chi connectivity index (χ4v) is 3.65. The third-order valence-electron chi connectivity index (χ3n) is 4.67. The molecule has 0 aliphatic heterocycles. The number of sulfonamides is 1. The van der Waals surface area contributed by atoms with Crippen LogP contribution in [0.15, 0.2) is 40.8 Å². The Morgan fingerprint density at radius 2 is 1.83 bits per heavy atom. The topological polar surface area (TPSA) is 89.3 Å². The van der Waals surface area contributed by atoms with Crippen LogP contribution in [0.25, 0.3) is 0 Å². The molecular formula is C18H26N2O3S. The second-order valence-corrected chi connectivity index (χ2v) is 8.86. The molecule has 3 N–H and O–H groups in total. The lowest BCUT2D eigenvalue weighted by molar-refractivity contribution is -0.123. The number of rotatable bonds is 6. The summed E-state index contributed by atoms with van der Waals surface area (Å²) < 4.78 is 22.4. The quantitative estimate of drug-likeness (QED) is 0.771. The largest absolute Gasteiger partial charge is 0.355 e. The third-order valence-corrected chi connectivity index (χ3v) is 5.60. The number of hydrogen-bond donors (Lipinski definition) is 2. The summed E-state index contributed by atoms with van der Waals surface area (Å²) in [7, 11) is -3.66. The Labute approximate surface area is 144 Å². The number of carbonyl (C=O) groups excluding carboxylic acids is 1. The van der Waals surface area contributed by atoms with Crippen molar-refractivity contribution in [3.8, 4) is 0 Å². The Balaban J connectivity index is 1.87. The van der Waals surface area contributed by atoms with E-state index >= 15 is 0 Å². The monoisotopic (exact) mass is 350 g/mol. The molecule has 1 saturated carbocycles. The highest BCUT2D eigenvalue weighted by molar-refractivity contribution is 7.89. The first-order chi connectivity index (χ1) is 11.0. The van der Waals surface area contributed by atoms with Crippen LogP contribution >= 0.6 is 0 Å². The smallest absolute Gasteiger partial charge is 0.238 e. The van der Waals surface area contributed by atoms with Gasteiger partial charge in [-0.2, -0.15) is 0 Å². The van der Waals surface area contributed by atoms with Gasteiger partial charge in [-0.25, -0.2) is 13.6 Å². The lowest BCUT2D eigenvalue weighted by Gasteiger charge is -2.07. The number of amides is 1. The highest BCUT2D eigenvalue weighted by Gasteiger charge is 2.60. The van der Waals surface area contributed by atoms with E-state index in [0.29, 0.717) is 18.9 Å². The fourth-order valence-electron chi connectivity index (χ4n) is 3.13. The van der Waals surface area contributed by atoms with Gasteiger partial charge in [0.15, 0.2) is 0 Å². The highest BCUT2D eigenvalue weighted by atomic mass is 32.2. The fraction of sp³-hybridized carbons (Fsp3) is 0.500. The number of benzene rings is 1. The average Bonchev–Trinajstić information content (AvgIpc) is 2.98. The van der Waals surface area contributed by atoms with E-state index in [4.69, 9.17) is 5.14 Å². The minimum absolute atomic E-state index is 0.0124. The first kappa shape index (κ1) is 18.7. The maximum atomic E-state index is 12.4. The summed E-state index contributed by atoms with van der Waals surface area (Å²) in [4.78, 5) is 12.4. The minimum atomic E-state index is -3.66. The van der Waals surface area contributed by atoms with Gasteiger partial charge in [0, 0.05) is 6.54 Å². The number of nitrogens with two attached hydrogens (primary N) is 1. The molecule has 5 nitrogen and oxygen atoms in total. The molecule has 0 aromatic heterocycles. The molecule has 1 aromatic rings. The number of carbonyl (C=O) groups is 1. The van der Waals surface area contributed by atoms with Crippen molar-refractivity contribution in [2.45, 2.75) is 39.0 Å². The van der Waals surface area contributed by atoms with E-state index in [0.717, 1.165) is 5.56 Å². The molecule has 24 heavy (non-hydrogen) atoms. The van der Waals surface area contributed by atoms with Gasteiger partial charge in [0.1, 0.15) is 0 Å². The highest BCUT2D eigenvalue weighted by Crippen LogP contribution is 2.59. The van der Waals surface area contributed by atoms with Crippen molar-refractivity contribution >= 4 is 15.9 Å². The van der Waals surface area contributed by atoms with Crippen molar-refractivity contribution in [3.05, 3.63) is 41.5 Å². The molecule has 0 radical (unpaired) electrons. The molecule has 2 atom stereocenters. The summed E-state index contributed by atoms with van der Waals surface area (Å²) >= 11 is 0. The Hall–Kier alpha value is -1.66. The van der Waals surface area contributed by atoms with Crippen LogP contribution in [0.1, 0.15) is 33.3 Å². The van der Waals surface area contributed by atoms with Crippen LogP contribution in [0.5, 0.6) is 0 Å². The van der Waals surface area contributed by atoms with Crippen LogP contribution in [0, 0.1) is 17.3 Å². The normalized spacial score (nSPS) is 21.9. The molecule has 0 spiro atoms. The van der Waals surface area contributed by atoms with Gasteiger partial charge in [0.05, 0.1) is 10.8 Å². The molecule has 0 unspecified atom stereocenters. The lowest BCUT2D eigenvalue weighted by Crippen LogP contribution is -2.28. The maximum absolute atomic E-state index is 12.4. The van der Waals surface area contributed by atoms with Crippen LogP contribution in [-0.2, 0) is 21.2 Å². The van der Waals surface area contributed by atoms with Gasteiger partial charge in [0.25, 0.3) is 0 Å². The number of allylic oxidation sites excluding steroid dienone is 2. The number of hydrogen-bond acceptors (Lipinski definition) is 3. The Kier molecular flexibility index (Phi) is 5.20. The van der Waals surface area contributed by atoms with Gasteiger partial charge in [-0.15, -0.1) is 0 Å². The van der Waals surface area contributed by atoms with Crippen molar-refractivity contribution < 1.29 is 13.2 Å². The minimum Gasteiger partial charge on any atom is -0.355 e. The molecule has 132 valence electrons.